The molecule has 0 aromatic heterocycles. The second kappa shape index (κ2) is 15.3. The maximum atomic E-state index is 11.8. The number of carbonyl (C=O) groups excluding carboxylic acids is 1. The first-order chi connectivity index (χ1) is 15.6. The molecular formula is C23H32ClN3O5. The standard InChI is InChI=1S/C23H32ClN3O5/c1-2-12-30-13-14-31-21-6-8-22(9-7-21)32-17-20(28)16-25-10-11-26-23(29)27-19-5-3-4-18(24)15-19/h3-9,15,20,25,28H,2,10-14,16-17H2,1H3,(H2,26,27,29). The minimum atomic E-state index is -0.679. The zero-order valence-corrected chi connectivity index (χ0v) is 19.1. The van der Waals surface area contributed by atoms with Gasteiger partial charge in [0.1, 0.15) is 30.8 Å². The van der Waals surface area contributed by atoms with Crippen molar-refractivity contribution in [3.8, 4) is 11.5 Å². The fourth-order valence-corrected chi connectivity index (χ4v) is 2.81. The number of ether oxygens (including phenoxy) is 3. The highest BCUT2D eigenvalue weighted by molar-refractivity contribution is 6.30. The van der Waals surface area contributed by atoms with Crippen LogP contribution in [-0.4, -0.2) is 63.3 Å². The Kier molecular flexibility index (Phi) is 12.3. The Morgan fingerprint density at radius 3 is 2.50 bits per heavy atom. The molecule has 0 aliphatic rings. The molecular weight excluding hydrogens is 434 g/mol. The molecule has 176 valence electrons. The maximum Gasteiger partial charge on any atom is 0.319 e. The molecule has 0 spiro atoms. The van der Waals surface area contributed by atoms with Crippen LogP contribution in [0.4, 0.5) is 10.5 Å². The van der Waals surface area contributed by atoms with E-state index < -0.39 is 6.10 Å². The van der Waals surface area contributed by atoms with E-state index in [1.807, 2.05) is 12.1 Å². The Bertz CT molecular complexity index is 791. The molecule has 2 rings (SSSR count). The van der Waals surface area contributed by atoms with Crippen LogP contribution in [0.3, 0.4) is 0 Å². The van der Waals surface area contributed by atoms with E-state index in [1.165, 1.54) is 0 Å². The van der Waals surface area contributed by atoms with Gasteiger partial charge in [0.25, 0.3) is 0 Å². The first-order valence-electron chi connectivity index (χ1n) is 10.7. The number of aliphatic hydroxyl groups excluding tert-OH is 1. The molecule has 2 amide bonds. The number of nitrogens with one attached hydrogen (secondary N) is 3. The summed E-state index contributed by atoms with van der Waals surface area (Å²) in [6.45, 7) is 5.28. The lowest BCUT2D eigenvalue weighted by Crippen LogP contribution is -2.38. The van der Waals surface area contributed by atoms with Gasteiger partial charge >= 0.3 is 6.03 Å². The molecule has 1 atom stereocenters. The van der Waals surface area contributed by atoms with E-state index in [4.69, 9.17) is 25.8 Å². The van der Waals surface area contributed by atoms with Gasteiger partial charge in [0.05, 0.1) is 6.61 Å². The Balaban J connectivity index is 1.52. The Hall–Kier alpha value is -2.52. The van der Waals surface area contributed by atoms with Crippen LogP contribution in [0.25, 0.3) is 0 Å². The topological polar surface area (TPSA) is 101 Å². The van der Waals surface area contributed by atoms with Crippen molar-refractivity contribution in [2.45, 2.75) is 19.4 Å². The van der Waals surface area contributed by atoms with Crippen molar-refractivity contribution in [1.29, 1.82) is 0 Å². The lowest BCUT2D eigenvalue weighted by Gasteiger charge is -2.14. The molecule has 0 fully saturated rings. The molecule has 0 aliphatic heterocycles. The van der Waals surface area contributed by atoms with Crippen molar-refractivity contribution in [2.24, 2.45) is 0 Å². The van der Waals surface area contributed by atoms with E-state index in [-0.39, 0.29) is 12.6 Å². The summed E-state index contributed by atoms with van der Waals surface area (Å²) in [6, 6.07) is 13.8. The van der Waals surface area contributed by atoms with Gasteiger partial charge in [0.2, 0.25) is 0 Å². The molecule has 0 saturated heterocycles. The van der Waals surface area contributed by atoms with E-state index in [0.717, 1.165) is 18.8 Å². The van der Waals surface area contributed by atoms with Crippen molar-refractivity contribution in [3.05, 3.63) is 53.6 Å². The lowest BCUT2D eigenvalue weighted by atomic mass is 10.3. The highest BCUT2D eigenvalue weighted by Gasteiger charge is 2.06. The number of halogens is 1. The average molecular weight is 466 g/mol. The van der Waals surface area contributed by atoms with E-state index in [2.05, 4.69) is 22.9 Å². The summed E-state index contributed by atoms with van der Waals surface area (Å²) in [5.41, 5.74) is 0.621. The van der Waals surface area contributed by atoms with E-state index in [1.54, 1.807) is 36.4 Å². The monoisotopic (exact) mass is 465 g/mol. The number of hydrogen-bond acceptors (Lipinski definition) is 6. The first kappa shape index (κ1) is 25.7. The van der Waals surface area contributed by atoms with Crippen molar-refractivity contribution >= 4 is 23.3 Å². The summed E-state index contributed by atoms with van der Waals surface area (Å²) in [7, 11) is 0. The molecule has 8 nitrogen and oxygen atoms in total. The van der Waals surface area contributed by atoms with Gasteiger partial charge in [-0.25, -0.2) is 4.79 Å². The fraction of sp³-hybridized carbons (Fsp3) is 0.435. The number of benzene rings is 2. The van der Waals surface area contributed by atoms with Crippen molar-refractivity contribution < 1.29 is 24.1 Å². The first-order valence-corrected chi connectivity index (χ1v) is 11.1. The van der Waals surface area contributed by atoms with Crippen LogP contribution in [0.1, 0.15) is 13.3 Å². The van der Waals surface area contributed by atoms with Gasteiger partial charge in [-0.2, -0.15) is 0 Å². The minimum Gasteiger partial charge on any atom is -0.491 e. The smallest absolute Gasteiger partial charge is 0.319 e. The highest BCUT2D eigenvalue weighted by atomic mass is 35.5. The second-order valence-electron chi connectivity index (χ2n) is 6.99. The van der Waals surface area contributed by atoms with Crippen LogP contribution in [-0.2, 0) is 4.74 Å². The summed E-state index contributed by atoms with van der Waals surface area (Å²) >= 11 is 5.88. The molecule has 2 aromatic carbocycles. The molecule has 2 aromatic rings. The van der Waals surface area contributed by atoms with Gasteiger partial charge in [-0.3, -0.25) is 0 Å². The Morgan fingerprint density at radius 1 is 1.03 bits per heavy atom. The molecule has 0 saturated carbocycles. The zero-order valence-electron chi connectivity index (χ0n) is 18.3. The average Bonchev–Trinajstić information content (AvgIpc) is 2.78. The van der Waals surface area contributed by atoms with Gasteiger partial charge in [0, 0.05) is 37.0 Å². The molecule has 0 bridgehead atoms. The highest BCUT2D eigenvalue weighted by Crippen LogP contribution is 2.17. The van der Waals surface area contributed by atoms with Crippen LogP contribution >= 0.6 is 11.6 Å². The molecule has 1 unspecified atom stereocenters. The number of rotatable bonds is 15. The summed E-state index contributed by atoms with van der Waals surface area (Å²) in [5.74, 6) is 1.39. The van der Waals surface area contributed by atoms with Gasteiger partial charge in [-0.05, 0) is 48.9 Å². The minimum absolute atomic E-state index is 0.154. The van der Waals surface area contributed by atoms with Gasteiger partial charge < -0.3 is 35.3 Å². The predicted octanol–water partition coefficient (Wildman–Crippen LogP) is 3.30. The SMILES string of the molecule is CCCOCCOc1ccc(OCC(O)CNCCNC(=O)Nc2cccc(Cl)c2)cc1. The van der Waals surface area contributed by atoms with E-state index >= 15 is 0 Å². The Morgan fingerprint density at radius 2 is 1.78 bits per heavy atom. The number of hydrogen-bond donors (Lipinski definition) is 4. The quantitative estimate of drug-likeness (QED) is 0.301. The summed E-state index contributed by atoms with van der Waals surface area (Å²) in [6.07, 6.45) is 0.314. The summed E-state index contributed by atoms with van der Waals surface area (Å²) in [5, 5.41) is 19.1. The molecule has 0 heterocycles. The zero-order chi connectivity index (χ0) is 23.0. The number of urea groups is 1. The lowest BCUT2D eigenvalue weighted by molar-refractivity contribution is 0.100. The van der Waals surface area contributed by atoms with Crippen LogP contribution in [0, 0.1) is 0 Å². The third-order valence-electron chi connectivity index (χ3n) is 4.16. The molecule has 32 heavy (non-hydrogen) atoms. The van der Waals surface area contributed by atoms with Crippen molar-refractivity contribution in [1.82, 2.24) is 10.6 Å². The van der Waals surface area contributed by atoms with E-state index in [9.17, 15) is 9.90 Å². The molecule has 0 aliphatic carbocycles. The van der Waals surface area contributed by atoms with Gasteiger partial charge in [-0.15, -0.1) is 0 Å². The van der Waals surface area contributed by atoms with Crippen molar-refractivity contribution in [2.75, 3.05) is 51.4 Å². The van der Waals surface area contributed by atoms with Gasteiger partial charge in [-0.1, -0.05) is 24.6 Å². The number of anilines is 1. The summed E-state index contributed by atoms with van der Waals surface area (Å²) in [4.78, 5) is 11.8. The molecule has 0 radical (unpaired) electrons. The van der Waals surface area contributed by atoms with Crippen LogP contribution in [0.15, 0.2) is 48.5 Å². The maximum absolute atomic E-state index is 11.8. The van der Waals surface area contributed by atoms with Crippen LogP contribution < -0.4 is 25.4 Å². The molecule has 4 N–H and O–H groups in total. The van der Waals surface area contributed by atoms with Crippen LogP contribution in [0.5, 0.6) is 11.5 Å². The normalized spacial score (nSPS) is 11.6. The second-order valence-corrected chi connectivity index (χ2v) is 7.43. The molecule has 9 heteroatoms. The Labute approximate surface area is 194 Å². The number of amides is 2. The third-order valence-corrected chi connectivity index (χ3v) is 4.40. The largest absolute Gasteiger partial charge is 0.491 e. The van der Waals surface area contributed by atoms with Gasteiger partial charge in [0.15, 0.2) is 0 Å². The van der Waals surface area contributed by atoms with Crippen molar-refractivity contribution in [3.63, 3.8) is 0 Å². The fourth-order valence-electron chi connectivity index (χ4n) is 2.62. The summed E-state index contributed by atoms with van der Waals surface area (Å²) < 4.78 is 16.5. The predicted molar refractivity (Wildman–Crippen MR) is 126 cm³/mol. The third kappa shape index (κ3) is 11.2. The van der Waals surface area contributed by atoms with Crippen LogP contribution in [0.2, 0.25) is 5.02 Å². The van der Waals surface area contributed by atoms with E-state index in [0.29, 0.717) is 49.3 Å². The number of aliphatic hydroxyl groups is 1. The number of carbonyl (C=O) groups is 1.